The molecular formula is C23H22N2O5. The summed E-state index contributed by atoms with van der Waals surface area (Å²) in [6, 6.07) is 16.5. The molecule has 2 aliphatic heterocycles. The molecule has 0 spiro atoms. The van der Waals surface area contributed by atoms with Gasteiger partial charge in [0.05, 0.1) is 17.9 Å². The van der Waals surface area contributed by atoms with E-state index in [9.17, 15) is 24.6 Å². The lowest BCUT2D eigenvalue weighted by atomic mass is 9.76. The smallest absolute Gasteiger partial charge is 0.327 e. The number of carbonyl (C=O) groups is 3. The number of amides is 2. The molecule has 0 aliphatic carbocycles. The zero-order chi connectivity index (χ0) is 21.5. The molecule has 4 rings (SSSR count). The van der Waals surface area contributed by atoms with Gasteiger partial charge in [0.15, 0.2) is 5.54 Å². The van der Waals surface area contributed by atoms with E-state index in [2.05, 4.69) is 10.6 Å². The molecule has 0 aromatic heterocycles. The third-order valence-electron chi connectivity index (χ3n) is 6.01. The van der Waals surface area contributed by atoms with Crippen molar-refractivity contribution in [3.05, 3.63) is 71.3 Å². The van der Waals surface area contributed by atoms with Gasteiger partial charge in [0.2, 0.25) is 11.8 Å². The zero-order valence-electron chi connectivity index (χ0n) is 16.3. The fourth-order valence-corrected chi connectivity index (χ4v) is 4.48. The maximum Gasteiger partial charge on any atom is 0.327 e. The summed E-state index contributed by atoms with van der Waals surface area (Å²) in [7, 11) is 0. The van der Waals surface area contributed by atoms with Crippen LogP contribution in [0.3, 0.4) is 0 Å². The summed E-state index contributed by atoms with van der Waals surface area (Å²) in [4.78, 5) is 36.9. The Hall–Kier alpha value is -3.29. The highest BCUT2D eigenvalue weighted by Gasteiger charge is 2.68. The molecule has 2 amide bonds. The molecule has 0 radical (unpaired) electrons. The van der Waals surface area contributed by atoms with Crippen molar-refractivity contribution in [2.45, 2.75) is 24.6 Å². The summed E-state index contributed by atoms with van der Waals surface area (Å²) in [6.07, 6.45) is 2.55. The lowest BCUT2D eigenvalue weighted by molar-refractivity contribution is -0.154. The van der Waals surface area contributed by atoms with E-state index in [0.717, 1.165) is 11.1 Å². The highest BCUT2D eigenvalue weighted by Crippen LogP contribution is 2.47. The maximum atomic E-state index is 12.5. The van der Waals surface area contributed by atoms with Crippen LogP contribution in [-0.4, -0.2) is 39.6 Å². The predicted octanol–water partition coefficient (Wildman–Crippen LogP) is 1.59. The Balaban J connectivity index is 1.65. The molecule has 154 valence electrons. The number of rotatable bonds is 5. The molecule has 2 aliphatic rings. The summed E-state index contributed by atoms with van der Waals surface area (Å²) in [6.45, 7) is 1.31. The average molecular weight is 406 g/mol. The van der Waals surface area contributed by atoms with Crippen LogP contribution in [0, 0.1) is 11.8 Å². The first kappa shape index (κ1) is 20.0. The molecule has 30 heavy (non-hydrogen) atoms. The SMILES string of the molecule is CC(O)C1(C(=O)O)NC(c2ccc(/C=C/c3ccccc3)cc2)C2C(=O)NC(=O)C21. The van der Waals surface area contributed by atoms with Crippen molar-refractivity contribution >= 4 is 29.9 Å². The van der Waals surface area contributed by atoms with Crippen LogP contribution in [0.25, 0.3) is 12.2 Å². The molecule has 7 nitrogen and oxygen atoms in total. The van der Waals surface area contributed by atoms with Gasteiger partial charge in [0.1, 0.15) is 0 Å². The van der Waals surface area contributed by atoms with Gasteiger partial charge in [-0.05, 0) is 23.6 Å². The number of aliphatic hydroxyl groups excluding tert-OH is 1. The molecule has 2 saturated heterocycles. The molecule has 2 heterocycles. The molecule has 0 bridgehead atoms. The minimum absolute atomic E-state index is 0.528. The van der Waals surface area contributed by atoms with Gasteiger partial charge in [-0.3, -0.25) is 25.0 Å². The third-order valence-corrected chi connectivity index (χ3v) is 6.01. The van der Waals surface area contributed by atoms with Crippen LogP contribution in [0.5, 0.6) is 0 Å². The van der Waals surface area contributed by atoms with Crippen LogP contribution in [-0.2, 0) is 14.4 Å². The maximum absolute atomic E-state index is 12.5. The van der Waals surface area contributed by atoms with Gasteiger partial charge in [0, 0.05) is 6.04 Å². The lowest BCUT2D eigenvalue weighted by Gasteiger charge is -2.32. The minimum Gasteiger partial charge on any atom is -0.480 e. The van der Waals surface area contributed by atoms with Gasteiger partial charge < -0.3 is 10.2 Å². The van der Waals surface area contributed by atoms with Crippen LogP contribution in [0.2, 0.25) is 0 Å². The van der Waals surface area contributed by atoms with Crippen LogP contribution >= 0.6 is 0 Å². The summed E-state index contributed by atoms with van der Waals surface area (Å²) < 4.78 is 0. The standard InChI is InChI=1S/C23H22N2O5/c1-13(26)23(22(29)30)18-17(20(27)24-21(18)28)19(25-23)16-11-9-15(10-12-16)8-7-14-5-3-2-4-6-14/h2-13,17-19,25-26H,1H3,(H,29,30)(H,24,27,28)/b8-7+. The molecular weight excluding hydrogens is 384 g/mol. The van der Waals surface area contributed by atoms with E-state index in [1.807, 2.05) is 54.6 Å². The van der Waals surface area contributed by atoms with E-state index in [4.69, 9.17) is 0 Å². The number of benzene rings is 2. The number of hydrogen-bond donors (Lipinski definition) is 4. The number of carboxylic acids is 1. The Morgan fingerprint density at radius 2 is 1.60 bits per heavy atom. The van der Waals surface area contributed by atoms with Crippen LogP contribution in [0.1, 0.15) is 29.7 Å². The fraction of sp³-hybridized carbons (Fsp3) is 0.261. The monoisotopic (exact) mass is 406 g/mol. The lowest BCUT2D eigenvalue weighted by Crippen LogP contribution is -2.62. The highest BCUT2D eigenvalue weighted by molar-refractivity contribution is 6.09. The van der Waals surface area contributed by atoms with Crippen molar-refractivity contribution in [1.29, 1.82) is 0 Å². The number of hydrogen-bond acceptors (Lipinski definition) is 5. The summed E-state index contributed by atoms with van der Waals surface area (Å²) in [5.41, 5.74) is 0.739. The van der Waals surface area contributed by atoms with Crippen LogP contribution < -0.4 is 10.6 Å². The van der Waals surface area contributed by atoms with Gasteiger partial charge in [-0.25, -0.2) is 0 Å². The van der Waals surface area contributed by atoms with Gasteiger partial charge in [-0.2, -0.15) is 0 Å². The number of aliphatic carboxylic acids is 1. The normalized spacial score (nSPS) is 29.1. The number of carbonyl (C=O) groups excluding carboxylic acids is 2. The molecule has 2 fully saturated rings. The largest absolute Gasteiger partial charge is 0.480 e. The summed E-state index contributed by atoms with van der Waals surface area (Å²) >= 11 is 0. The van der Waals surface area contributed by atoms with Gasteiger partial charge >= 0.3 is 5.97 Å². The number of imide groups is 1. The first-order chi connectivity index (χ1) is 14.3. The molecule has 4 N–H and O–H groups in total. The van der Waals surface area contributed by atoms with Crippen LogP contribution in [0.15, 0.2) is 54.6 Å². The average Bonchev–Trinajstić information content (AvgIpc) is 3.25. The number of aliphatic hydroxyl groups is 1. The Bertz CT molecular complexity index is 1020. The Morgan fingerprint density at radius 3 is 2.17 bits per heavy atom. The quantitative estimate of drug-likeness (QED) is 0.443. The van der Waals surface area contributed by atoms with Crippen molar-refractivity contribution in [2.75, 3.05) is 0 Å². The fourth-order valence-electron chi connectivity index (χ4n) is 4.48. The topological polar surface area (TPSA) is 116 Å². The Labute approximate surface area is 173 Å². The Morgan fingerprint density at radius 1 is 1.00 bits per heavy atom. The molecule has 5 atom stereocenters. The zero-order valence-corrected chi connectivity index (χ0v) is 16.3. The van der Waals surface area contributed by atoms with Gasteiger partial charge in [0.25, 0.3) is 0 Å². The van der Waals surface area contributed by atoms with E-state index in [1.165, 1.54) is 6.92 Å². The summed E-state index contributed by atoms with van der Waals surface area (Å²) in [5, 5.41) is 25.3. The van der Waals surface area contributed by atoms with Gasteiger partial charge in [-0.1, -0.05) is 66.7 Å². The molecule has 2 aromatic carbocycles. The van der Waals surface area contributed by atoms with Crippen molar-refractivity contribution in [3.63, 3.8) is 0 Å². The van der Waals surface area contributed by atoms with E-state index in [-0.39, 0.29) is 0 Å². The minimum atomic E-state index is -1.93. The number of carboxylic acid groups (broad SMARTS) is 1. The van der Waals surface area contributed by atoms with Crippen molar-refractivity contribution in [2.24, 2.45) is 11.8 Å². The third kappa shape index (κ3) is 3.12. The van der Waals surface area contributed by atoms with Gasteiger partial charge in [-0.15, -0.1) is 0 Å². The molecule has 7 heteroatoms. The number of fused-ring (bicyclic) bond motifs is 1. The van der Waals surface area contributed by atoms with E-state index in [1.54, 1.807) is 12.1 Å². The predicted molar refractivity (Wildman–Crippen MR) is 110 cm³/mol. The first-order valence-corrected chi connectivity index (χ1v) is 9.71. The van der Waals surface area contributed by atoms with Crippen molar-refractivity contribution in [1.82, 2.24) is 10.6 Å². The second-order valence-electron chi connectivity index (χ2n) is 7.74. The molecule has 5 unspecified atom stereocenters. The second kappa shape index (κ2) is 7.51. The van der Waals surface area contributed by atoms with Crippen LogP contribution in [0.4, 0.5) is 0 Å². The van der Waals surface area contributed by atoms with Crippen molar-refractivity contribution in [3.8, 4) is 0 Å². The van der Waals surface area contributed by atoms with Crippen molar-refractivity contribution < 1.29 is 24.6 Å². The van der Waals surface area contributed by atoms with E-state index in [0.29, 0.717) is 5.56 Å². The Kier molecular flexibility index (Phi) is 5.01. The molecule has 0 saturated carbocycles. The first-order valence-electron chi connectivity index (χ1n) is 9.71. The number of nitrogens with one attached hydrogen (secondary N) is 2. The summed E-state index contributed by atoms with van der Waals surface area (Å²) in [5.74, 6) is -4.66. The second-order valence-corrected chi connectivity index (χ2v) is 7.74. The molecule has 2 aromatic rings. The highest BCUT2D eigenvalue weighted by atomic mass is 16.4. The van der Waals surface area contributed by atoms with E-state index >= 15 is 0 Å². The van der Waals surface area contributed by atoms with E-state index < -0.39 is 47.3 Å².